The van der Waals surface area contributed by atoms with Gasteiger partial charge in [0, 0.05) is 18.8 Å². The molecule has 0 radical (unpaired) electrons. The van der Waals surface area contributed by atoms with E-state index >= 15 is 0 Å². The number of hydrogen-bond acceptors (Lipinski definition) is 4. The van der Waals surface area contributed by atoms with E-state index in [2.05, 4.69) is 15.5 Å². The third-order valence-electron chi connectivity index (χ3n) is 1.36. The molecule has 1 aromatic heterocycles. The third-order valence-corrected chi connectivity index (χ3v) is 1.36. The lowest BCUT2D eigenvalue weighted by Gasteiger charge is -2.11. The van der Waals surface area contributed by atoms with E-state index in [9.17, 15) is 0 Å². The van der Waals surface area contributed by atoms with Gasteiger partial charge >= 0.3 is 0 Å². The third kappa shape index (κ3) is 2.84. The predicted octanol–water partition coefficient (Wildman–Crippen LogP) is 0.463. The number of ether oxygens (including phenoxy) is 1. The first-order valence-electron chi connectivity index (χ1n) is 3.92. The molecule has 1 atom stereocenters. The van der Waals surface area contributed by atoms with E-state index in [0.29, 0.717) is 5.88 Å². The summed E-state index contributed by atoms with van der Waals surface area (Å²) in [5.74, 6) is 0.570. The first-order valence-corrected chi connectivity index (χ1v) is 3.92. The van der Waals surface area contributed by atoms with Gasteiger partial charge in [0.05, 0.1) is 0 Å². The van der Waals surface area contributed by atoms with E-state index in [1.54, 1.807) is 18.3 Å². The standard InChI is InChI=1S/C8H13N3O/c1-7(6-9-2)12-8-4-3-5-10-11-8/h3-5,7,9H,6H2,1-2H3. The largest absolute Gasteiger partial charge is 0.472 e. The maximum absolute atomic E-state index is 5.42. The highest BCUT2D eigenvalue weighted by Crippen LogP contribution is 2.03. The van der Waals surface area contributed by atoms with Crippen molar-refractivity contribution in [3.8, 4) is 5.88 Å². The van der Waals surface area contributed by atoms with Crippen LogP contribution in [0.15, 0.2) is 18.3 Å². The van der Waals surface area contributed by atoms with Crippen molar-refractivity contribution in [1.29, 1.82) is 0 Å². The van der Waals surface area contributed by atoms with Gasteiger partial charge in [0.25, 0.3) is 0 Å². The van der Waals surface area contributed by atoms with Gasteiger partial charge in [-0.15, -0.1) is 5.10 Å². The summed E-state index contributed by atoms with van der Waals surface area (Å²) in [6.07, 6.45) is 1.74. The lowest BCUT2D eigenvalue weighted by molar-refractivity contribution is 0.209. The van der Waals surface area contributed by atoms with E-state index < -0.39 is 0 Å². The van der Waals surface area contributed by atoms with E-state index in [-0.39, 0.29) is 6.10 Å². The second-order valence-corrected chi connectivity index (χ2v) is 2.55. The Hall–Kier alpha value is -1.16. The van der Waals surface area contributed by atoms with Gasteiger partial charge in [-0.3, -0.25) is 0 Å². The molecule has 1 rings (SSSR count). The van der Waals surface area contributed by atoms with Gasteiger partial charge in [0.1, 0.15) is 6.10 Å². The van der Waals surface area contributed by atoms with Crippen LogP contribution < -0.4 is 10.1 Å². The molecule has 0 fully saturated rings. The number of hydrogen-bond donors (Lipinski definition) is 1. The minimum Gasteiger partial charge on any atom is -0.472 e. The molecule has 12 heavy (non-hydrogen) atoms. The summed E-state index contributed by atoms with van der Waals surface area (Å²) >= 11 is 0. The summed E-state index contributed by atoms with van der Waals surface area (Å²) in [6, 6.07) is 3.59. The fraction of sp³-hybridized carbons (Fsp3) is 0.500. The van der Waals surface area contributed by atoms with Crippen molar-refractivity contribution >= 4 is 0 Å². The minimum absolute atomic E-state index is 0.117. The molecule has 0 aliphatic rings. The molecule has 0 aromatic carbocycles. The fourth-order valence-electron chi connectivity index (χ4n) is 0.886. The summed E-state index contributed by atoms with van der Waals surface area (Å²) in [6.45, 7) is 2.78. The van der Waals surface area contributed by atoms with Crippen molar-refractivity contribution in [2.75, 3.05) is 13.6 Å². The fourth-order valence-corrected chi connectivity index (χ4v) is 0.886. The van der Waals surface area contributed by atoms with Crippen LogP contribution in [0.4, 0.5) is 0 Å². The van der Waals surface area contributed by atoms with Crippen molar-refractivity contribution in [2.24, 2.45) is 0 Å². The maximum Gasteiger partial charge on any atom is 0.233 e. The highest BCUT2D eigenvalue weighted by Gasteiger charge is 2.01. The summed E-state index contributed by atoms with van der Waals surface area (Å²) in [4.78, 5) is 0. The summed E-state index contributed by atoms with van der Waals surface area (Å²) in [5.41, 5.74) is 0. The Morgan fingerprint density at radius 1 is 1.67 bits per heavy atom. The number of nitrogens with zero attached hydrogens (tertiary/aromatic N) is 2. The maximum atomic E-state index is 5.42. The first kappa shape index (κ1) is 8.93. The quantitative estimate of drug-likeness (QED) is 0.707. The van der Waals surface area contributed by atoms with Gasteiger partial charge in [-0.05, 0) is 20.0 Å². The van der Waals surface area contributed by atoms with E-state index in [4.69, 9.17) is 4.74 Å². The average Bonchev–Trinajstić information content (AvgIpc) is 2.06. The summed E-state index contributed by atoms with van der Waals surface area (Å²) < 4.78 is 5.42. The van der Waals surface area contributed by atoms with Crippen molar-refractivity contribution in [3.63, 3.8) is 0 Å². The van der Waals surface area contributed by atoms with Crippen LogP contribution in [-0.2, 0) is 0 Å². The Kier molecular flexibility index (Phi) is 3.47. The van der Waals surface area contributed by atoms with Crippen LogP contribution in [0, 0.1) is 0 Å². The second-order valence-electron chi connectivity index (χ2n) is 2.55. The lowest BCUT2D eigenvalue weighted by Crippen LogP contribution is -2.26. The summed E-state index contributed by atoms with van der Waals surface area (Å²) in [7, 11) is 1.89. The number of nitrogens with one attached hydrogen (secondary N) is 1. The molecule has 0 aliphatic heterocycles. The van der Waals surface area contributed by atoms with Gasteiger partial charge in [0.15, 0.2) is 0 Å². The van der Waals surface area contributed by atoms with Crippen LogP contribution in [0.2, 0.25) is 0 Å². The molecule has 0 amide bonds. The molecule has 0 bridgehead atoms. The Balaban J connectivity index is 2.41. The molecule has 66 valence electrons. The van der Waals surface area contributed by atoms with Crippen LogP contribution >= 0.6 is 0 Å². The predicted molar refractivity (Wildman–Crippen MR) is 46.0 cm³/mol. The van der Waals surface area contributed by atoms with Crippen molar-refractivity contribution in [1.82, 2.24) is 15.5 Å². The topological polar surface area (TPSA) is 47.0 Å². The molecule has 0 saturated heterocycles. The average molecular weight is 167 g/mol. The zero-order valence-electron chi connectivity index (χ0n) is 7.32. The molecule has 4 nitrogen and oxygen atoms in total. The molecule has 1 N–H and O–H groups in total. The molecule has 0 spiro atoms. The van der Waals surface area contributed by atoms with Crippen LogP contribution in [0.1, 0.15) is 6.92 Å². The van der Waals surface area contributed by atoms with Crippen LogP contribution in [0.25, 0.3) is 0 Å². The Morgan fingerprint density at radius 2 is 2.50 bits per heavy atom. The first-order chi connectivity index (χ1) is 5.83. The van der Waals surface area contributed by atoms with Gasteiger partial charge in [-0.2, -0.15) is 5.10 Å². The van der Waals surface area contributed by atoms with E-state index in [0.717, 1.165) is 6.54 Å². The highest BCUT2D eigenvalue weighted by molar-refractivity contribution is 5.05. The molecular formula is C8H13N3O. The Bertz CT molecular complexity index is 215. The smallest absolute Gasteiger partial charge is 0.233 e. The van der Waals surface area contributed by atoms with Crippen molar-refractivity contribution < 1.29 is 4.74 Å². The Labute approximate surface area is 72.0 Å². The van der Waals surface area contributed by atoms with Crippen molar-refractivity contribution in [2.45, 2.75) is 13.0 Å². The molecule has 1 aromatic rings. The molecule has 1 heterocycles. The van der Waals surface area contributed by atoms with Crippen molar-refractivity contribution in [3.05, 3.63) is 18.3 Å². The zero-order valence-corrected chi connectivity index (χ0v) is 7.32. The molecular weight excluding hydrogens is 154 g/mol. The zero-order chi connectivity index (χ0) is 8.81. The molecule has 0 saturated carbocycles. The monoisotopic (exact) mass is 167 g/mol. The van der Waals surface area contributed by atoms with Crippen LogP contribution in [0.3, 0.4) is 0 Å². The van der Waals surface area contributed by atoms with E-state index in [1.165, 1.54) is 0 Å². The molecule has 1 unspecified atom stereocenters. The normalized spacial score (nSPS) is 12.5. The van der Waals surface area contributed by atoms with Crippen LogP contribution in [0.5, 0.6) is 5.88 Å². The number of rotatable bonds is 4. The minimum atomic E-state index is 0.117. The molecule has 4 heteroatoms. The van der Waals surface area contributed by atoms with Gasteiger partial charge in [-0.1, -0.05) is 0 Å². The summed E-state index contributed by atoms with van der Waals surface area (Å²) in [5, 5.41) is 10.5. The Morgan fingerprint density at radius 3 is 3.08 bits per heavy atom. The van der Waals surface area contributed by atoms with Gasteiger partial charge < -0.3 is 10.1 Å². The highest BCUT2D eigenvalue weighted by atomic mass is 16.5. The molecule has 0 aliphatic carbocycles. The van der Waals surface area contributed by atoms with E-state index in [1.807, 2.05) is 14.0 Å². The van der Waals surface area contributed by atoms with Gasteiger partial charge in [0.2, 0.25) is 5.88 Å². The second kappa shape index (κ2) is 4.66. The van der Waals surface area contributed by atoms with Crippen LogP contribution in [-0.4, -0.2) is 29.9 Å². The lowest BCUT2D eigenvalue weighted by atomic mass is 10.4. The number of likely N-dealkylation sites (N-methyl/N-ethyl adjacent to an activating group) is 1. The van der Waals surface area contributed by atoms with Gasteiger partial charge in [-0.25, -0.2) is 0 Å². The number of aromatic nitrogens is 2. The SMILES string of the molecule is CNCC(C)Oc1cccnn1.